The summed E-state index contributed by atoms with van der Waals surface area (Å²) in [6.45, 7) is 11.9. The molecule has 1 aromatic heterocycles. The number of hydrogen-bond donors (Lipinski definition) is 1. The summed E-state index contributed by atoms with van der Waals surface area (Å²) in [6.07, 6.45) is 4.53. The fourth-order valence-corrected chi connectivity index (χ4v) is 3.54. The van der Waals surface area contributed by atoms with Crippen molar-refractivity contribution in [2.45, 2.75) is 59.5 Å². The standard InChI is InChI=1S/C17H29N3O/c1-13(2)10-16-19-14-11-18-7-4-15(14)20(16)12-17(3)5-8-21-9-6-17/h13,18H,4-12H2,1-3H3. The molecule has 0 unspecified atom stereocenters. The highest BCUT2D eigenvalue weighted by Gasteiger charge is 2.31. The van der Waals surface area contributed by atoms with Gasteiger partial charge in [-0.3, -0.25) is 0 Å². The predicted molar refractivity (Wildman–Crippen MR) is 84.3 cm³/mol. The summed E-state index contributed by atoms with van der Waals surface area (Å²) >= 11 is 0. The molecular weight excluding hydrogens is 262 g/mol. The van der Waals surface area contributed by atoms with Gasteiger partial charge in [-0.05, 0) is 24.2 Å². The van der Waals surface area contributed by atoms with Crippen LogP contribution in [-0.2, 0) is 30.7 Å². The zero-order chi connectivity index (χ0) is 14.9. The molecule has 1 aromatic rings. The monoisotopic (exact) mass is 291 g/mol. The van der Waals surface area contributed by atoms with E-state index in [0.29, 0.717) is 11.3 Å². The molecule has 0 saturated carbocycles. The fraction of sp³-hybridized carbons (Fsp3) is 0.824. The molecule has 4 nitrogen and oxygen atoms in total. The van der Waals surface area contributed by atoms with Gasteiger partial charge in [0.25, 0.3) is 0 Å². The van der Waals surface area contributed by atoms with Crippen LogP contribution in [0.5, 0.6) is 0 Å². The van der Waals surface area contributed by atoms with E-state index in [-0.39, 0.29) is 0 Å². The van der Waals surface area contributed by atoms with Gasteiger partial charge in [0.15, 0.2) is 0 Å². The van der Waals surface area contributed by atoms with Crippen molar-refractivity contribution in [2.75, 3.05) is 19.8 Å². The lowest BCUT2D eigenvalue weighted by atomic mass is 9.82. The molecule has 0 atom stereocenters. The van der Waals surface area contributed by atoms with Gasteiger partial charge in [0.05, 0.1) is 5.69 Å². The van der Waals surface area contributed by atoms with Crippen LogP contribution in [0.4, 0.5) is 0 Å². The van der Waals surface area contributed by atoms with E-state index in [2.05, 4.69) is 30.7 Å². The summed E-state index contributed by atoms with van der Waals surface area (Å²) in [5, 5.41) is 3.45. The van der Waals surface area contributed by atoms with Gasteiger partial charge < -0.3 is 14.6 Å². The van der Waals surface area contributed by atoms with Crippen LogP contribution >= 0.6 is 0 Å². The second kappa shape index (κ2) is 6.09. The molecule has 0 amide bonds. The second-order valence-electron chi connectivity index (χ2n) is 7.46. The van der Waals surface area contributed by atoms with Crippen LogP contribution in [0, 0.1) is 11.3 Å². The highest BCUT2D eigenvalue weighted by atomic mass is 16.5. The summed E-state index contributed by atoms with van der Waals surface area (Å²) in [4.78, 5) is 4.96. The van der Waals surface area contributed by atoms with Crippen LogP contribution in [0.2, 0.25) is 0 Å². The molecule has 1 fully saturated rings. The highest BCUT2D eigenvalue weighted by Crippen LogP contribution is 2.33. The van der Waals surface area contributed by atoms with Gasteiger partial charge in [-0.15, -0.1) is 0 Å². The van der Waals surface area contributed by atoms with Gasteiger partial charge in [-0.25, -0.2) is 4.98 Å². The Morgan fingerprint density at radius 3 is 2.81 bits per heavy atom. The largest absolute Gasteiger partial charge is 0.381 e. The lowest BCUT2D eigenvalue weighted by Gasteiger charge is -2.35. The van der Waals surface area contributed by atoms with Crippen molar-refractivity contribution in [1.82, 2.24) is 14.9 Å². The fourth-order valence-electron chi connectivity index (χ4n) is 3.54. The zero-order valence-corrected chi connectivity index (χ0v) is 13.7. The molecule has 118 valence electrons. The number of imidazole rings is 1. The first-order chi connectivity index (χ1) is 10.1. The summed E-state index contributed by atoms with van der Waals surface area (Å²) in [5.41, 5.74) is 3.13. The van der Waals surface area contributed by atoms with Gasteiger partial charge in [0, 0.05) is 51.4 Å². The smallest absolute Gasteiger partial charge is 0.109 e. The molecule has 0 radical (unpaired) electrons. The quantitative estimate of drug-likeness (QED) is 0.926. The first-order valence-corrected chi connectivity index (χ1v) is 8.43. The van der Waals surface area contributed by atoms with E-state index in [1.165, 1.54) is 30.1 Å². The van der Waals surface area contributed by atoms with E-state index in [4.69, 9.17) is 9.72 Å². The number of ether oxygens (including phenoxy) is 1. The number of aromatic nitrogens is 2. The van der Waals surface area contributed by atoms with Gasteiger partial charge >= 0.3 is 0 Å². The average molecular weight is 291 g/mol. The summed E-state index contributed by atoms with van der Waals surface area (Å²) in [5.74, 6) is 1.95. The highest BCUT2D eigenvalue weighted by molar-refractivity contribution is 5.21. The summed E-state index contributed by atoms with van der Waals surface area (Å²) < 4.78 is 8.11. The molecule has 0 spiro atoms. The topological polar surface area (TPSA) is 39.1 Å². The second-order valence-corrected chi connectivity index (χ2v) is 7.46. The van der Waals surface area contributed by atoms with E-state index in [1.54, 1.807) is 0 Å². The van der Waals surface area contributed by atoms with E-state index >= 15 is 0 Å². The minimum Gasteiger partial charge on any atom is -0.381 e. The van der Waals surface area contributed by atoms with E-state index in [1.807, 2.05) is 0 Å². The maximum atomic E-state index is 5.56. The Balaban J connectivity index is 1.89. The molecule has 3 heterocycles. The van der Waals surface area contributed by atoms with Crippen molar-refractivity contribution in [3.05, 3.63) is 17.2 Å². The van der Waals surface area contributed by atoms with E-state index in [9.17, 15) is 0 Å². The van der Waals surface area contributed by atoms with Crippen LogP contribution in [-0.4, -0.2) is 29.3 Å². The molecule has 1 N–H and O–H groups in total. The predicted octanol–water partition coefficient (Wildman–Crippen LogP) is 2.54. The van der Waals surface area contributed by atoms with Crippen molar-refractivity contribution in [3.63, 3.8) is 0 Å². The van der Waals surface area contributed by atoms with Crippen LogP contribution in [0.3, 0.4) is 0 Å². The number of fused-ring (bicyclic) bond motifs is 1. The van der Waals surface area contributed by atoms with E-state index < -0.39 is 0 Å². The van der Waals surface area contributed by atoms with Gasteiger partial charge in [-0.1, -0.05) is 20.8 Å². The molecule has 0 bridgehead atoms. The van der Waals surface area contributed by atoms with Crippen LogP contribution < -0.4 is 5.32 Å². The van der Waals surface area contributed by atoms with Crippen LogP contribution in [0.1, 0.15) is 50.8 Å². The van der Waals surface area contributed by atoms with Crippen LogP contribution in [0.15, 0.2) is 0 Å². The molecule has 0 aliphatic carbocycles. The van der Waals surface area contributed by atoms with Crippen molar-refractivity contribution in [2.24, 2.45) is 11.3 Å². The van der Waals surface area contributed by atoms with Crippen LogP contribution in [0.25, 0.3) is 0 Å². The normalized spacial score (nSPS) is 21.5. The van der Waals surface area contributed by atoms with Crippen molar-refractivity contribution >= 4 is 0 Å². The summed E-state index contributed by atoms with van der Waals surface area (Å²) in [6, 6.07) is 0. The van der Waals surface area contributed by atoms with Crippen molar-refractivity contribution in [1.29, 1.82) is 0 Å². The third kappa shape index (κ3) is 3.32. The molecule has 3 rings (SSSR count). The maximum absolute atomic E-state index is 5.56. The number of nitrogens with zero attached hydrogens (tertiary/aromatic N) is 2. The van der Waals surface area contributed by atoms with Gasteiger partial charge in [0.1, 0.15) is 5.82 Å². The summed E-state index contributed by atoms with van der Waals surface area (Å²) in [7, 11) is 0. The lowest BCUT2D eigenvalue weighted by molar-refractivity contribution is 0.0147. The van der Waals surface area contributed by atoms with Gasteiger partial charge in [-0.2, -0.15) is 0 Å². The Kier molecular flexibility index (Phi) is 4.36. The van der Waals surface area contributed by atoms with E-state index in [0.717, 1.165) is 45.7 Å². The zero-order valence-electron chi connectivity index (χ0n) is 13.7. The van der Waals surface area contributed by atoms with Crippen molar-refractivity contribution in [3.8, 4) is 0 Å². The molecule has 21 heavy (non-hydrogen) atoms. The number of nitrogens with one attached hydrogen (secondary N) is 1. The minimum absolute atomic E-state index is 0.364. The Labute approximate surface area is 128 Å². The Hall–Kier alpha value is -0.870. The first kappa shape index (κ1) is 15.0. The molecule has 0 aromatic carbocycles. The molecule has 4 heteroatoms. The molecule has 2 aliphatic rings. The maximum Gasteiger partial charge on any atom is 0.109 e. The average Bonchev–Trinajstić information content (AvgIpc) is 2.76. The number of hydrogen-bond acceptors (Lipinski definition) is 3. The van der Waals surface area contributed by atoms with Gasteiger partial charge in [0.2, 0.25) is 0 Å². The number of rotatable bonds is 4. The third-order valence-corrected chi connectivity index (χ3v) is 4.90. The minimum atomic E-state index is 0.364. The SMILES string of the molecule is CC(C)Cc1nc2c(n1CC1(C)CCOCC1)CCNC2. The third-order valence-electron chi connectivity index (χ3n) is 4.90. The first-order valence-electron chi connectivity index (χ1n) is 8.43. The lowest BCUT2D eigenvalue weighted by Crippen LogP contribution is -2.33. The molecule has 2 aliphatic heterocycles. The molecular formula is C17H29N3O. The van der Waals surface area contributed by atoms with Crippen molar-refractivity contribution < 1.29 is 4.74 Å². The Morgan fingerprint density at radius 1 is 1.33 bits per heavy atom. The Morgan fingerprint density at radius 2 is 2.10 bits per heavy atom. The Bertz CT molecular complexity index is 486. The molecule has 1 saturated heterocycles.